The summed E-state index contributed by atoms with van der Waals surface area (Å²) in [6.45, 7) is 2.60. The van der Waals surface area contributed by atoms with Crippen LogP contribution in [0.5, 0.6) is 0 Å². The van der Waals surface area contributed by atoms with Crippen molar-refractivity contribution in [3.63, 3.8) is 0 Å². The first-order valence-electron chi connectivity index (χ1n) is 7.00. The predicted molar refractivity (Wildman–Crippen MR) is 81.2 cm³/mol. The molecule has 4 nitrogen and oxygen atoms in total. The topological polar surface area (TPSA) is 46.1 Å². The monoisotopic (exact) mass is 301 g/mol. The number of halogens is 1. The molecule has 1 fully saturated rings. The second-order valence-electron chi connectivity index (χ2n) is 5.24. The van der Waals surface area contributed by atoms with Gasteiger partial charge in [0.15, 0.2) is 0 Å². The fourth-order valence-corrected chi connectivity index (χ4v) is 3.07. The van der Waals surface area contributed by atoms with Gasteiger partial charge in [-0.3, -0.25) is 14.8 Å². The van der Waals surface area contributed by atoms with Gasteiger partial charge in [0.05, 0.1) is 16.6 Å². The standard InChI is InChI=1S/C16H16ClN3O/c1-11-9-14(17)13(10-19-11)16(21)20-8-2-3-15(20)12-4-6-18-7-5-12/h4-7,9-10,15H,2-3,8H2,1H3. The van der Waals surface area contributed by atoms with Crippen molar-refractivity contribution in [1.82, 2.24) is 14.9 Å². The van der Waals surface area contributed by atoms with Crippen LogP contribution in [0.4, 0.5) is 0 Å². The van der Waals surface area contributed by atoms with Crippen LogP contribution in [-0.2, 0) is 0 Å². The molecular weight excluding hydrogens is 286 g/mol. The van der Waals surface area contributed by atoms with Crippen molar-refractivity contribution in [1.29, 1.82) is 0 Å². The smallest absolute Gasteiger partial charge is 0.257 e. The van der Waals surface area contributed by atoms with Gasteiger partial charge >= 0.3 is 0 Å². The molecule has 2 aromatic heterocycles. The Morgan fingerprint density at radius 2 is 2.14 bits per heavy atom. The van der Waals surface area contributed by atoms with E-state index in [1.807, 2.05) is 24.0 Å². The molecule has 21 heavy (non-hydrogen) atoms. The van der Waals surface area contributed by atoms with Crippen LogP contribution in [-0.4, -0.2) is 27.3 Å². The number of hydrogen-bond donors (Lipinski definition) is 0. The molecule has 0 aliphatic carbocycles. The zero-order chi connectivity index (χ0) is 14.8. The maximum absolute atomic E-state index is 12.7. The van der Waals surface area contributed by atoms with E-state index in [2.05, 4.69) is 9.97 Å². The van der Waals surface area contributed by atoms with Crippen LogP contribution in [0.25, 0.3) is 0 Å². The maximum Gasteiger partial charge on any atom is 0.257 e. The fraction of sp³-hybridized carbons (Fsp3) is 0.312. The lowest BCUT2D eigenvalue weighted by atomic mass is 10.1. The summed E-state index contributed by atoms with van der Waals surface area (Å²) in [6.07, 6.45) is 7.05. The highest BCUT2D eigenvalue weighted by Crippen LogP contribution is 2.33. The molecule has 5 heteroatoms. The van der Waals surface area contributed by atoms with Gasteiger partial charge in [-0.1, -0.05) is 11.6 Å². The number of rotatable bonds is 2. The van der Waals surface area contributed by atoms with Crippen LogP contribution >= 0.6 is 11.6 Å². The highest BCUT2D eigenvalue weighted by atomic mass is 35.5. The summed E-state index contributed by atoms with van der Waals surface area (Å²) in [5, 5.41) is 0.466. The first-order chi connectivity index (χ1) is 10.2. The maximum atomic E-state index is 12.7. The molecular formula is C16H16ClN3O. The van der Waals surface area contributed by atoms with Crippen molar-refractivity contribution in [2.24, 2.45) is 0 Å². The van der Waals surface area contributed by atoms with Crippen LogP contribution in [0.15, 0.2) is 36.8 Å². The Hall–Kier alpha value is -1.94. The number of carbonyl (C=O) groups excluding carboxylic acids is 1. The first kappa shape index (κ1) is 14.0. The van der Waals surface area contributed by atoms with Gasteiger partial charge in [0.1, 0.15) is 0 Å². The Morgan fingerprint density at radius 1 is 1.38 bits per heavy atom. The number of nitrogens with zero attached hydrogens (tertiary/aromatic N) is 3. The molecule has 2 aromatic rings. The third kappa shape index (κ3) is 2.76. The number of hydrogen-bond acceptors (Lipinski definition) is 3. The third-order valence-corrected chi connectivity index (χ3v) is 4.14. The largest absolute Gasteiger partial charge is 0.332 e. The molecule has 1 amide bonds. The Balaban J connectivity index is 1.90. The molecule has 3 rings (SSSR count). The summed E-state index contributed by atoms with van der Waals surface area (Å²) in [5.41, 5.74) is 2.40. The second-order valence-corrected chi connectivity index (χ2v) is 5.65. The summed E-state index contributed by atoms with van der Waals surface area (Å²) in [4.78, 5) is 22.9. The minimum absolute atomic E-state index is 0.0492. The summed E-state index contributed by atoms with van der Waals surface area (Å²) >= 11 is 6.20. The van der Waals surface area contributed by atoms with E-state index < -0.39 is 0 Å². The minimum Gasteiger partial charge on any atom is -0.332 e. The van der Waals surface area contributed by atoms with E-state index >= 15 is 0 Å². The number of amides is 1. The Labute approximate surface area is 128 Å². The number of pyridine rings is 2. The average Bonchev–Trinajstić information content (AvgIpc) is 2.97. The lowest BCUT2D eigenvalue weighted by Crippen LogP contribution is -2.30. The first-order valence-corrected chi connectivity index (χ1v) is 7.37. The van der Waals surface area contributed by atoms with Crippen molar-refractivity contribution >= 4 is 17.5 Å². The summed E-state index contributed by atoms with van der Waals surface area (Å²) in [5.74, 6) is -0.0492. The van der Waals surface area contributed by atoms with Crippen LogP contribution < -0.4 is 0 Å². The third-order valence-electron chi connectivity index (χ3n) is 3.83. The van der Waals surface area contributed by atoms with Gasteiger partial charge in [0.2, 0.25) is 0 Å². The van der Waals surface area contributed by atoms with E-state index in [9.17, 15) is 4.79 Å². The number of likely N-dealkylation sites (tertiary alicyclic amines) is 1. The molecule has 0 spiro atoms. The Bertz CT molecular complexity index is 660. The van der Waals surface area contributed by atoms with E-state index in [0.29, 0.717) is 10.6 Å². The Morgan fingerprint density at radius 3 is 2.86 bits per heavy atom. The number of aromatic nitrogens is 2. The molecule has 1 saturated heterocycles. The van der Waals surface area contributed by atoms with Crippen LogP contribution in [0.2, 0.25) is 5.02 Å². The number of carbonyl (C=O) groups is 1. The van der Waals surface area contributed by atoms with Crippen LogP contribution in [0.1, 0.15) is 40.5 Å². The molecule has 0 N–H and O–H groups in total. The van der Waals surface area contributed by atoms with E-state index in [1.54, 1.807) is 24.7 Å². The molecule has 1 aliphatic heterocycles. The molecule has 1 atom stereocenters. The van der Waals surface area contributed by atoms with Crippen molar-refractivity contribution in [2.45, 2.75) is 25.8 Å². The Kier molecular flexibility index (Phi) is 3.88. The summed E-state index contributed by atoms with van der Waals surface area (Å²) < 4.78 is 0. The molecule has 1 aliphatic rings. The van der Waals surface area contributed by atoms with Gasteiger partial charge in [-0.2, -0.15) is 0 Å². The molecule has 0 saturated carbocycles. The van der Waals surface area contributed by atoms with Gasteiger partial charge in [-0.05, 0) is 43.5 Å². The van der Waals surface area contributed by atoms with Crippen molar-refractivity contribution < 1.29 is 4.79 Å². The average molecular weight is 302 g/mol. The van der Waals surface area contributed by atoms with Crippen molar-refractivity contribution in [2.75, 3.05) is 6.54 Å². The van der Waals surface area contributed by atoms with Gasteiger partial charge < -0.3 is 4.90 Å². The molecule has 0 bridgehead atoms. The molecule has 0 aromatic carbocycles. The minimum atomic E-state index is -0.0492. The molecule has 3 heterocycles. The summed E-state index contributed by atoms with van der Waals surface area (Å²) in [7, 11) is 0. The number of aryl methyl sites for hydroxylation is 1. The highest BCUT2D eigenvalue weighted by molar-refractivity contribution is 6.33. The fourth-order valence-electron chi connectivity index (χ4n) is 2.78. The van der Waals surface area contributed by atoms with E-state index in [0.717, 1.165) is 30.6 Å². The zero-order valence-electron chi connectivity index (χ0n) is 11.8. The molecule has 1 unspecified atom stereocenters. The predicted octanol–water partition coefficient (Wildman–Crippen LogP) is 3.42. The van der Waals surface area contributed by atoms with Crippen LogP contribution in [0.3, 0.4) is 0 Å². The van der Waals surface area contributed by atoms with Crippen LogP contribution in [0, 0.1) is 6.92 Å². The van der Waals surface area contributed by atoms with E-state index in [-0.39, 0.29) is 11.9 Å². The van der Waals surface area contributed by atoms with Gasteiger partial charge in [0.25, 0.3) is 5.91 Å². The summed E-state index contributed by atoms with van der Waals surface area (Å²) in [6, 6.07) is 5.75. The molecule has 108 valence electrons. The lowest BCUT2D eigenvalue weighted by Gasteiger charge is -2.25. The van der Waals surface area contributed by atoms with E-state index in [1.165, 1.54) is 0 Å². The molecule has 0 radical (unpaired) electrons. The van der Waals surface area contributed by atoms with Gasteiger partial charge in [-0.25, -0.2) is 0 Å². The normalized spacial score (nSPS) is 18.0. The highest BCUT2D eigenvalue weighted by Gasteiger charge is 2.31. The lowest BCUT2D eigenvalue weighted by molar-refractivity contribution is 0.0735. The van der Waals surface area contributed by atoms with Gasteiger partial charge in [-0.15, -0.1) is 0 Å². The zero-order valence-corrected chi connectivity index (χ0v) is 12.5. The van der Waals surface area contributed by atoms with E-state index in [4.69, 9.17) is 11.6 Å². The second kappa shape index (κ2) is 5.82. The quantitative estimate of drug-likeness (QED) is 0.854. The SMILES string of the molecule is Cc1cc(Cl)c(C(=O)N2CCCC2c2ccncc2)cn1. The van der Waals surface area contributed by atoms with Crippen molar-refractivity contribution in [3.8, 4) is 0 Å². The van der Waals surface area contributed by atoms with Gasteiger partial charge in [0, 0.05) is 30.8 Å². The van der Waals surface area contributed by atoms with Crippen molar-refractivity contribution in [3.05, 3.63) is 58.6 Å².